The Morgan fingerprint density at radius 1 is 1.58 bits per heavy atom. The van der Waals surface area contributed by atoms with Crippen molar-refractivity contribution in [3.8, 4) is 0 Å². The maximum Gasteiger partial charge on any atom is 0.313 e. The van der Waals surface area contributed by atoms with Crippen molar-refractivity contribution in [2.45, 2.75) is 31.7 Å². The lowest BCUT2D eigenvalue weighted by atomic mass is 9.99. The fourth-order valence-electron chi connectivity index (χ4n) is 2.55. The van der Waals surface area contributed by atoms with Crippen molar-refractivity contribution in [1.29, 1.82) is 0 Å². The molecule has 0 amide bonds. The Morgan fingerprint density at radius 2 is 2.37 bits per heavy atom. The van der Waals surface area contributed by atoms with E-state index in [-0.39, 0.29) is 16.8 Å². The second kappa shape index (κ2) is 6.16. The lowest BCUT2D eigenvalue weighted by Gasteiger charge is -2.36. The summed E-state index contributed by atoms with van der Waals surface area (Å²) in [6.07, 6.45) is 5.42. The molecular weight excluding hydrogens is 268 g/mol. The highest BCUT2D eigenvalue weighted by molar-refractivity contribution is 6.30. The number of pyridine rings is 1. The highest BCUT2D eigenvalue weighted by atomic mass is 35.5. The zero-order valence-electron chi connectivity index (χ0n) is 10.6. The van der Waals surface area contributed by atoms with Crippen LogP contribution in [0.4, 0.5) is 11.5 Å². The first-order chi connectivity index (χ1) is 9.13. The third kappa shape index (κ3) is 3.13. The van der Waals surface area contributed by atoms with Crippen molar-refractivity contribution in [3.05, 3.63) is 27.4 Å². The summed E-state index contributed by atoms with van der Waals surface area (Å²) in [7, 11) is 0. The molecule has 0 aliphatic carbocycles. The molecule has 1 aliphatic heterocycles. The molecule has 0 radical (unpaired) electrons. The number of hydrogen-bond donors (Lipinski definition) is 1. The molecule has 2 heterocycles. The van der Waals surface area contributed by atoms with Gasteiger partial charge in [-0.3, -0.25) is 10.1 Å². The fraction of sp³-hybridized carbons (Fsp3) is 0.583. The van der Waals surface area contributed by atoms with Gasteiger partial charge in [-0.25, -0.2) is 4.98 Å². The van der Waals surface area contributed by atoms with Gasteiger partial charge in [-0.15, -0.1) is 0 Å². The van der Waals surface area contributed by atoms with Gasteiger partial charge in [-0.1, -0.05) is 11.6 Å². The molecule has 1 saturated heterocycles. The molecule has 1 aliphatic rings. The average molecular weight is 285 g/mol. The van der Waals surface area contributed by atoms with Crippen LogP contribution in [0.25, 0.3) is 0 Å². The molecule has 0 aromatic carbocycles. The summed E-state index contributed by atoms with van der Waals surface area (Å²) >= 11 is 5.79. The highest BCUT2D eigenvalue weighted by Crippen LogP contribution is 2.33. The molecule has 19 heavy (non-hydrogen) atoms. The van der Waals surface area contributed by atoms with E-state index in [0.717, 1.165) is 32.2 Å². The number of anilines is 1. The Hall–Kier alpha value is -1.40. The Morgan fingerprint density at radius 3 is 3.05 bits per heavy atom. The van der Waals surface area contributed by atoms with Gasteiger partial charge < -0.3 is 10.6 Å². The van der Waals surface area contributed by atoms with Crippen LogP contribution in [0.2, 0.25) is 5.02 Å². The van der Waals surface area contributed by atoms with E-state index < -0.39 is 4.92 Å². The molecule has 0 spiro atoms. The predicted octanol–water partition coefficient (Wildman–Crippen LogP) is 2.35. The van der Waals surface area contributed by atoms with Gasteiger partial charge in [-0.05, 0) is 32.2 Å². The van der Waals surface area contributed by atoms with Gasteiger partial charge >= 0.3 is 5.69 Å². The standard InChI is InChI=1S/C12H17ClN4O2/c13-9-7-11(17(18)19)12(15-8-9)16-6-2-1-3-10(16)4-5-14/h7-8,10H,1-6,14H2. The Labute approximate surface area is 116 Å². The van der Waals surface area contributed by atoms with Gasteiger partial charge in [-0.2, -0.15) is 0 Å². The number of aromatic nitrogens is 1. The first-order valence-electron chi connectivity index (χ1n) is 6.40. The van der Waals surface area contributed by atoms with Crippen LogP contribution in [0.1, 0.15) is 25.7 Å². The molecule has 0 saturated carbocycles. The molecule has 1 atom stereocenters. The van der Waals surface area contributed by atoms with Crippen molar-refractivity contribution >= 4 is 23.1 Å². The van der Waals surface area contributed by atoms with Gasteiger partial charge in [0.2, 0.25) is 5.82 Å². The fourth-order valence-corrected chi connectivity index (χ4v) is 2.70. The lowest BCUT2D eigenvalue weighted by Crippen LogP contribution is -2.41. The van der Waals surface area contributed by atoms with Crippen LogP contribution in [0, 0.1) is 10.1 Å². The van der Waals surface area contributed by atoms with Crippen molar-refractivity contribution < 1.29 is 4.92 Å². The molecular formula is C12H17ClN4O2. The molecule has 2 rings (SSSR count). The predicted molar refractivity (Wildman–Crippen MR) is 74.6 cm³/mol. The van der Waals surface area contributed by atoms with Crippen LogP contribution >= 0.6 is 11.6 Å². The Balaban J connectivity index is 2.35. The topological polar surface area (TPSA) is 85.3 Å². The molecule has 0 bridgehead atoms. The normalized spacial score (nSPS) is 19.5. The van der Waals surface area contributed by atoms with Crippen LogP contribution in [-0.2, 0) is 0 Å². The van der Waals surface area contributed by atoms with E-state index in [1.807, 2.05) is 4.90 Å². The third-order valence-electron chi connectivity index (χ3n) is 3.41. The molecule has 7 heteroatoms. The molecule has 1 aromatic rings. The Bertz CT molecular complexity index is 467. The highest BCUT2D eigenvalue weighted by Gasteiger charge is 2.29. The van der Waals surface area contributed by atoms with Crippen LogP contribution in [0.5, 0.6) is 0 Å². The molecule has 104 valence electrons. The lowest BCUT2D eigenvalue weighted by molar-refractivity contribution is -0.384. The summed E-state index contributed by atoms with van der Waals surface area (Å²) in [6.45, 7) is 1.35. The second-order valence-corrected chi connectivity index (χ2v) is 5.11. The van der Waals surface area contributed by atoms with Crippen molar-refractivity contribution in [1.82, 2.24) is 4.98 Å². The van der Waals surface area contributed by atoms with E-state index in [9.17, 15) is 10.1 Å². The molecule has 2 N–H and O–H groups in total. The SMILES string of the molecule is NCCC1CCCCN1c1ncc(Cl)cc1[N+](=O)[O-]. The largest absolute Gasteiger partial charge is 0.348 e. The van der Waals surface area contributed by atoms with E-state index in [0.29, 0.717) is 12.4 Å². The van der Waals surface area contributed by atoms with Gasteiger partial charge in [0.05, 0.1) is 9.95 Å². The van der Waals surface area contributed by atoms with E-state index >= 15 is 0 Å². The number of hydrogen-bond acceptors (Lipinski definition) is 5. The van der Waals surface area contributed by atoms with Gasteiger partial charge in [0.25, 0.3) is 0 Å². The number of piperidine rings is 1. The van der Waals surface area contributed by atoms with Crippen molar-refractivity contribution in [3.63, 3.8) is 0 Å². The summed E-state index contributed by atoms with van der Waals surface area (Å²) in [5, 5.41) is 11.4. The smallest absolute Gasteiger partial charge is 0.313 e. The molecule has 1 unspecified atom stereocenters. The maximum atomic E-state index is 11.1. The monoisotopic (exact) mass is 284 g/mol. The number of halogens is 1. The van der Waals surface area contributed by atoms with E-state index in [1.54, 1.807) is 0 Å². The second-order valence-electron chi connectivity index (χ2n) is 4.67. The van der Waals surface area contributed by atoms with Gasteiger partial charge in [0.1, 0.15) is 0 Å². The van der Waals surface area contributed by atoms with Crippen LogP contribution in [0.15, 0.2) is 12.3 Å². The minimum absolute atomic E-state index is 0.0311. The summed E-state index contributed by atoms with van der Waals surface area (Å²) in [4.78, 5) is 16.9. The van der Waals surface area contributed by atoms with Crippen molar-refractivity contribution in [2.75, 3.05) is 18.0 Å². The van der Waals surface area contributed by atoms with E-state index in [2.05, 4.69) is 4.98 Å². The van der Waals surface area contributed by atoms with Crippen LogP contribution < -0.4 is 10.6 Å². The number of nitro groups is 1. The van der Waals surface area contributed by atoms with Gasteiger partial charge in [0.15, 0.2) is 0 Å². The minimum atomic E-state index is -0.428. The third-order valence-corrected chi connectivity index (χ3v) is 3.62. The zero-order chi connectivity index (χ0) is 13.8. The maximum absolute atomic E-state index is 11.1. The van der Waals surface area contributed by atoms with E-state index in [1.165, 1.54) is 12.3 Å². The number of nitrogens with zero attached hydrogens (tertiary/aromatic N) is 3. The Kier molecular flexibility index (Phi) is 4.55. The summed E-state index contributed by atoms with van der Waals surface area (Å²) in [5.74, 6) is 0.410. The van der Waals surface area contributed by atoms with Gasteiger partial charge in [0, 0.05) is 24.8 Å². The first kappa shape index (κ1) is 14.0. The zero-order valence-corrected chi connectivity index (χ0v) is 11.3. The summed E-state index contributed by atoms with van der Waals surface area (Å²) < 4.78 is 0. The number of nitrogens with two attached hydrogens (primary N) is 1. The summed E-state index contributed by atoms with van der Waals surface area (Å²) in [6, 6.07) is 1.59. The average Bonchev–Trinajstić information content (AvgIpc) is 2.40. The van der Waals surface area contributed by atoms with Crippen LogP contribution in [0.3, 0.4) is 0 Å². The number of rotatable bonds is 4. The van der Waals surface area contributed by atoms with E-state index in [4.69, 9.17) is 17.3 Å². The van der Waals surface area contributed by atoms with Crippen molar-refractivity contribution in [2.24, 2.45) is 5.73 Å². The minimum Gasteiger partial charge on any atom is -0.348 e. The summed E-state index contributed by atoms with van der Waals surface area (Å²) in [5.41, 5.74) is 5.59. The quantitative estimate of drug-likeness (QED) is 0.677. The van der Waals surface area contributed by atoms with Crippen LogP contribution in [-0.4, -0.2) is 29.0 Å². The first-order valence-corrected chi connectivity index (χ1v) is 6.78. The molecule has 6 nitrogen and oxygen atoms in total. The molecule has 1 fully saturated rings. The molecule has 1 aromatic heterocycles.